The van der Waals surface area contributed by atoms with Gasteiger partial charge in [-0.05, 0) is 13.0 Å². The average molecular weight is 379 g/mol. The van der Waals surface area contributed by atoms with Gasteiger partial charge in [0.25, 0.3) is 0 Å². The highest BCUT2D eigenvalue weighted by atomic mass is 32.1. The van der Waals surface area contributed by atoms with Crippen molar-refractivity contribution in [2.45, 2.75) is 25.9 Å². The fraction of sp³-hybridized carbons (Fsp3) is 0.238. The summed E-state index contributed by atoms with van der Waals surface area (Å²) in [5.74, 6) is 1.37. The van der Waals surface area contributed by atoms with Gasteiger partial charge in [0.1, 0.15) is 10.8 Å². The lowest BCUT2D eigenvalue weighted by Gasteiger charge is -2.26. The Morgan fingerprint density at radius 2 is 2.00 bits per heavy atom. The van der Waals surface area contributed by atoms with Gasteiger partial charge in [-0.15, -0.1) is 11.3 Å². The van der Waals surface area contributed by atoms with Crippen molar-refractivity contribution in [3.8, 4) is 16.3 Å². The van der Waals surface area contributed by atoms with Gasteiger partial charge in [-0.25, -0.2) is 9.98 Å². The molecule has 0 spiro atoms. The molecule has 2 heterocycles. The maximum atomic E-state index is 6.16. The number of nitrogens with one attached hydrogen (secondary N) is 1. The number of para-hydroxylation sites is 1. The number of nitrogens with two attached hydrogens (primary N) is 1. The number of benzene rings is 2. The van der Waals surface area contributed by atoms with Crippen molar-refractivity contribution >= 4 is 17.3 Å². The van der Waals surface area contributed by atoms with Gasteiger partial charge in [0.05, 0.1) is 24.9 Å². The van der Waals surface area contributed by atoms with Crippen molar-refractivity contribution in [2.75, 3.05) is 6.61 Å². The number of aromatic nitrogens is 1. The van der Waals surface area contributed by atoms with E-state index in [2.05, 4.69) is 33.5 Å². The molecule has 27 heavy (non-hydrogen) atoms. The Kier molecular flexibility index (Phi) is 5.07. The van der Waals surface area contributed by atoms with E-state index in [4.69, 9.17) is 10.5 Å². The van der Waals surface area contributed by atoms with Crippen molar-refractivity contribution in [1.29, 1.82) is 0 Å². The van der Waals surface area contributed by atoms with E-state index in [0.717, 1.165) is 38.9 Å². The van der Waals surface area contributed by atoms with Crippen LogP contribution in [0.15, 0.2) is 59.6 Å². The number of aliphatic imine (C=N–C) groups is 1. The second-order valence-corrected chi connectivity index (χ2v) is 7.55. The zero-order valence-electron chi connectivity index (χ0n) is 15.2. The number of aryl methyl sites for hydroxylation is 1. The Morgan fingerprint density at radius 1 is 1.22 bits per heavy atom. The molecule has 0 saturated carbocycles. The van der Waals surface area contributed by atoms with Gasteiger partial charge in [-0.1, -0.05) is 48.5 Å². The van der Waals surface area contributed by atoms with Crippen molar-refractivity contribution in [3.63, 3.8) is 0 Å². The third kappa shape index (κ3) is 3.95. The van der Waals surface area contributed by atoms with E-state index in [1.165, 1.54) is 0 Å². The number of ether oxygens (including phenoxy) is 1. The highest BCUT2D eigenvalue weighted by Crippen LogP contribution is 2.31. The fourth-order valence-corrected chi connectivity index (χ4v) is 4.14. The van der Waals surface area contributed by atoms with Crippen LogP contribution in [0.3, 0.4) is 0 Å². The molecule has 3 aromatic rings. The first kappa shape index (κ1) is 17.5. The highest BCUT2D eigenvalue weighted by Gasteiger charge is 2.21. The average Bonchev–Trinajstić information content (AvgIpc) is 3.08. The minimum atomic E-state index is 0.126. The van der Waals surface area contributed by atoms with Gasteiger partial charge in [0, 0.05) is 22.4 Å². The molecule has 1 aliphatic rings. The Balaban J connectivity index is 1.45. The van der Waals surface area contributed by atoms with Crippen LogP contribution in [0.2, 0.25) is 0 Å². The maximum Gasteiger partial charge on any atom is 0.189 e. The van der Waals surface area contributed by atoms with Gasteiger partial charge >= 0.3 is 0 Å². The molecular weight excluding hydrogens is 356 g/mol. The van der Waals surface area contributed by atoms with Crippen LogP contribution in [-0.4, -0.2) is 17.6 Å². The first-order valence-electron chi connectivity index (χ1n) is 9.00. The molecule has 0 bridgehead atoms. The smallest absolute Gasteiger partial charge is 0.189 e. The molecule has 3 N–H and O–H groups in total. The number of thiazole rings is 1. The van der Waals surface area contributed by atoms with Crippen LogP contribution in [0.4, 0.5) is 0 Å². The normalized spacial score (nSPS) is 16.5. The van der Waals surface area contributed by atoms with E-state index in [1.807, 2.05) is 43.3 Å². The fourth-order valence-electron chi connectivity index (χ4n) is 3.15. The number of hydrogen-bond donors (Lipinski definition) is 2. The van der Waals surface area contributed by atoms with Gasteiger partial charge in [-0.2, -0.15) is 0 Å². The number of nitrogens with zero attached hydrogens (tertiary/aromatic N) is 2. The Labute approximate surface area is 162 Å². The van der Waals surface area contributed by atoms with Gasteiger partial charge in [0.2, 0.25) is 0 Å². The quantitative estimate of drug-likeness (QED) is 0.531. The molecule has 2 aromatic carbocycles. The number of hydrogen-bond acceptors (Lipinski definition) is 4. The topological polar surface area (TPSA) is 72.5 Å². The summed E-state index contributed by atoms with van der Waals surface area (Å²) < 4.78 is 5.70. The van der Waals surface area contributed by atoms with Gasteiger partial charge in [-0.3, -0.25) is 0 Å². The molecule has 0 fully saturated rings. The summed E-state index contributed by atoms with van der Waals surface area (Å²) in [7, 11) is 0. The molecule has 1 aromatic heterocycles. The van der Waals surface area contributed by atoms with Crippen LogP contribution < -0.4 is 15.8 Å². The van der Waals surface area contributed by atoms with E-state index < -0.39 is 0 Å². The minimum Gasteiger partial charge on any atom is -0.493 e. The van der Waals surface area contributed by atoms with Crippen LogP contribution >= 0.6 is 11.3 Å². The molecule has 1 atom stereocenters. The molecule has 0 saturated heterocycles. The third-order valence-corrected chi connectivity index (χ3v) is 5.78. The minimum absolute atomic E-state index is 0.126. The Hall–Kier alpha value is -2.86. The first-order chi connectivity index (χ1) is 13.2. The zero-order chi connectivity index (χ0) is 18.6. The molecule has 6 heteroatoms. The molecule has 138 valence electrons. The third-order valence-electron chi connectivity index (χ3n) is 4.59. The summed E-state index contributed by atoms with van der Waals surface area (Å²) in [5, 5.41) is 4.35. The molecule has 4 rings (SSSR count). The first-order valence-corrected chi connectivity index (χ1v) is 9.82. The second kappa shape index (κ2) is 7.80. The van der Waals surface area contributed by atoms with Crippen LogP contribution in [0.1, 0.15) is 28.6 Å². The zero-order valence-corrected chi connectivity index (χ0v) is 16.0. The second-order valence-electron chi connectivity index (χ2n) is 6.47. The lowest BCUT2D eigenvalue weighted by molar-refractivity contribution is 0.262. The van der Waals surface area contributed by atoms with Crippen LogP contribution in [-0.2, 0) is 6.54 Å². The van der Waals surface area contributed by atoms with Crippen molar-refractivity contribution in [1.82, 2.24) is 10.3 Å². The highest BCUT2D eigenvalue weighted by molar-refractivity contribution is 7.15. The standard InChI is InChI=1S/C21H22N4OS/c1-14-19(27-20(24-14)15-7-3-2-4-8-15)13-23-21(22)25-17-11-12-26-18-10-6-5-9-16(17)18/h2-10,17H,11-13H2,1H3,(H3,22,23,25). The van der Waals surface area contributed by atoms with Crippen LogP contribution in [0.25, 0.3) is 10.6 Å². The van der Waals surface area contributed by atoms with Crippen LogP contribution in [0.5, 0.6) is 5.75 Å². The van der Waals surface area contributed by atoms with Crippen molar-refractivity contribution in [3.05, 3.63) is 70.7 Å². The molecule has 0 aliphatic carbocycles. The largest absolute Gasteiger partial charge is 0.493 e. The summed E-state index contributed by atoms with van der Waals surface area (Å²) in [5.41, 5.74) is 9.42. The number of fused-ring (bicyclic) bond motifs is 1. The predicted octanol–water partition coefficient (Wildman–Crippen LogP) is 4.05. The summed E-state index contributed by atoms with van der Waals surface area (Å²) in [6, 6.07) is 18.4. The predicted molar refractivity (Wildman–Crippen MR) is 110 cm³/mol. The van der Waals surface area contributed by atoms with Gasteiger partial charge < -0.3 is 15.8 Å². The number of guanidine groups is 1. The molecule has 0 radical (unpaired) electrons. The monoisotopic (exact) mass is 378 g/mol. The van der Waals surface area contributed by atoms with E-state index in [1.54, 1.807) is 11.3 Å². The molecular formula is C21H22N4OS. The van der Waals surface area contributed by atoms with E-state index in [-0.39, 0.29) is 6.04 Å². The molecule has 1 aliphatic heterocycles. The Morgan fingerprint density at radius 3 is 2.85 bits per heavy atom. The van der Waals surface area contributed by atoms with Gasteiger partial charge in [0.15, 0.2) is 5.96 Å². The lowest BCUT2D eigenvalue weighted by atomic mass is 10.0. The molecule has 0 amide bonds. The summed E-state index contributed by atoms with van der Waals surface area (Å²) in [6.07, 6.45) is 0.866. The Bertz CT molecular complexity index is 952. The summed E-state index contributed by atoms with van der Waals surface area (Å²) in [6.45, 7) is 3.22. The van der Waals surface area contributed by atoms with Crippen molar-refractivity contribution < 1.29 is 4.74 Å². The van der Waals surface area contributed by atoms with Crippen LogP contribution in [0, 0.1) is 6.92 Å². The SMILES string of the molecule is Cc1nc(-c2ccccc2)sc1CN=C(N)NC1CCOc2ccccc21. The maximum absolute atomic E-state index is 6.16. The molecule has 5 nitrogen and oxygen atoms in total. The van der Waals surface area contributed by atoms with E-state index >= 15 is 0 Å². The summed E-state index contributed by atoms with van der Waals surface area (Å²) in [4.78, 5) is 10.3. The molecule has 1 unspecified atom stereocenters. The van der Waals surface area contributed by atoms with Crippen molar-refractivity contribution in [2.24, 2.45) is 10.7 Å². The summed E-state index contributed by atoms with van der Waals surface area (Å²) >= 11 is 1.67. The van der Waals surface area contributed by atoms with E-state index in [0.29, 0.717) is 19.1 Å². The lowest BCUT2D eigenvalue weighted by Crippen LogP contribution is -2.37. The van der Waals surface area contributed by atoms with E-state index in [9.17, 15) is 0 Å². The number of rotatable bonds is 4.